The van der Waals surface area contributed by atoms with Crippen LogP contribution in [-0.4, -0.2) is 22.3 Å². The molecule has 3 N–H and O–H groups in total. The third-order valence-corrected chi connectivity index (χ3v) is 2.45. The highest BCUT2D eigenvalue weighted by atomic mass is 35.5. The lowest BCUT2D eigenvalue weighted by Gasteiger charge is -2.22. The number of nitro groups is 1. The number of nitro benzene ring substituents is 1. The summed E-state index contributed by atoms with van der Waals surface area (Å²) in [6.07, 6.45) is -3.17. The molecule has 0 aliphatic carbocycles. The summed E-state index contributed by atoms with van der Waals surface area (Å²) in [5, 5.41) is 24.2. The summed E-state index contributed by atoms with van der Waals surface area (Å²) in [6.45, 7) is 0. The fourth-order valence-electron chi connectivity index (χ4n) is 1.50. The van der Waals surface area contributed by atoms with Crippen LogP contribution in [-0.2, 0) is 0 Å². The average Bonchev–Trinajstić information content (AvgIpc) is 2.54. The van der Waals surface area contributed by atoms with E-state index in [-0.39, 0.29) is 16.4 Å². The van der Waals surface area contributed by atoms with E-state index in [4.69, 9.17) is 11.6 Å². The molecule has 1 aromatic rings. The topological polar surface area (TPSA) is 87.4 Å². The lowest BCUT2D eigenvalue weighted by Crippen LogP contribution is -2.48. The molecular formula is C8H6ClF2N3O3. The molecule has 1 heterocycles. The van der Waals surface area contributed by atoms with E-state index in [1.807, 2.05) is 5.32 Å². The first-order valence-electron chi connectivity index (χ1n) is 4.38. The summed E-state index contributed by atoms with van der Waals surface area (Å²) < 4.78 is 25.1. The van der Waals surface area contributed by atoms with Gasteiger partial charge in [-0.3, -0.25) is 10.1 Å². The number of nitrogens with zero attached hydrogens (tertiary/aromatic N) is 1. The van der Waals surface area contributed by atoms with Crippen molar-refractivity contribution in [1.29, 1.82) is 0 Å². The van der Waals surface area contributed by atoms with Gasteiger partial charge in [0.05, 0.1) is 10.6 Å². The Labute approximate surface area is 98.3 Å². The summed E-state index contributed by atoms with van der Waals surface area (Å²) in [6, 6.07) is 2.21. The van der Waals surface area contributed by atoms with Crippen molar-refractivity contribution in [3.05, 3.63) is 27.3 Å². The van der Waals surface area contributed by atoms with E-state index in [2.05, 4.69) is 5.32 Å². The number of fused-ring (bicyclic) bond motifs is 1. The van der Waals surface area contributed by atoms with Crippen LogP contribution < -0.4 is 10.6 Å². The van der Waals surface area contributed by atoms with Crippen LogP contribution in [0.5, 0.6) is 0 Å². The van der Waals surface area contributed by atoms with Crippen molar-refractivity contribution in [3.63, 3.8) is 0 Å². The Balaban J connectivity index is 2.51. The number of hydrogen-bond donors (Lipinski definition) is 3. The molecular weight excluding hydrogens is 260 g/mol. The van der Waals surface area contributed by atoms with E-state index in [1.165, 1.54) is 6.07 Å². The minimum atomic E-state index is -3.17. The molecule has 1 aliphatic rings. The predicted molar refractivity (Wildman–Crippen MR) is 56.3 cm³/mol. The lowest BCUT2D eigenvalue weighted by atomic mass is 10.2. The monoisotopic (exact) mass is 265 g/mol. The van der Waals surface area contributed by atoms with Crippen LogP contribution in [0.4, 0.5) is 25.8 Å². The van der Waals surface area contributed by atoms with Gasteiger partial charge >= 0.3 is 6.43 Å². The van der Waals surface area contributed by atoms with E-state index >= 15 is 0 Å². The predicted octanol–water partition coefficient (Wildman–Crippen LogP) is 2.00. The minimum absolute atomic E-state index is 0.00302. The Morgan fingerprint density at radius 3 is 2.65 bits per heavy atom. The Hall–Kier alpha value is -1.67. The molecule has 0 saturated heterocycles. The van der Waals surface area contributed by atoms with Crippen molar-refractivity contribution < 1.29 is 18.8 Å². The summed E-state index contributed by atoms with van der Waals surface area (Å²) in [5.74, 6) is -2.72. The zero-order valence-electron chi connectivity index (χ0n) is 8.08. The highest BCUT2D eigenvalue weighted by Crippen LogP contribution is 2.43. The quantitative estimate of drug-likeness (QED) is 0.562. The summed E-state index contributed by atoms with van der Waals surface area (Å²) >= 11 is 5.60. The molecule has 0 bridgehead atoms. The molecule has 6 nitrogen and oxygen atoms in total. The van der Waals surface area contributed by atoms with Crippen molar-refractivity contribution in [3.8, 4) is 0 Å². The van der Waals surface area contributed by atoms with Crippen molar-refractivity contribution in [2.75, 3.05) is 10.6 Å². The number of hydrogen-bond acceptors (Lipinski definition) is 5. The van der Waals surface area contributed by atoms with Gasteiger partial charge in [-0.15, -0.1) is 0 Å². The van der Waals surface area contributed by atoms with Gasteiger partial charge < -0.3 is 15.7 Å². The van der Waals surface area contributed by atoms with E-state index in [0.29, 0.717) is 0 Å². The normalized spacial score (nSPS) is 21.9. The number of alkyl halides is 2. The largest absolute Gasteiger partial charge is 0.350 e. The van der Waals surface area contributed by atoms with Gasteiger partial charge in [-0.1, -0.05) is 11.6 Å². The van der Waals surface area contributed by atoms with Crippen molar-refractivity contribution in [2.24, 2.45) is 0 Å². The summed E-state index contributed by atoms with van der Waals surface area (Å²) in [4.78, 5) is 9.92. The first-order chi connectivity index (χ1) is 7.83. The SMILES string of the molecule is O=[N+]([O-])c1cc(Cl)cc2c1NC(O)(C(F)F)N2. The van der Waals surface area contributed by atoms with Crippen molar-refractivity contribution >= 4 is 28.7 Å². The molecule has 1 aliphatic heterocycles. The molecule has 2 rings (SSSR count). The molecule has 0 saturated carbocycles. The van der Waals surface area contributed by atoms with Gasteiger partial charge in [0.15, 0.2) is 0 Å². The Bertz CT molecular complexity index is 499. The molecule has 17 heavy (non-hydrogen) atoms. The summed E-state index contributed by atoms with van der Waals surface area (Å²) in [5.41, 5.74) is -0.759. The van der Waals surface area contributed by atoms with Crippen LogP contribution in [0.1, 0.15) is 0 Å². The minimum Gasteiger partial charge on any atom is -0.350 e. The van der Waals surface area contributed by atoms with Crippen LogP contribution in [0.3, 0.4) is 0 Å². The fourth-order valence-corrected chi connectivity index (χ4v) is 1.72. The van der Waals surface area contributed by atoms with Crippen molar-refractivity contribution in [2.45, 2.75) is 12.3 Å². The Kier molecular flexibility index (Phi) is 2.55. The van der Waals surface area contributed by atoms with Gasteiger partial charge in [0.2, 0.25) is 0 Å². The second-order valence-electron chi connectivity index (χ2n) is 3.42. The van der Waals surface area contributed by atoms with Crippen LogP contribution in [0.25, 0.3) is 0 Å². The van der Waals surface area contributed by atoms with Crippen LogP contribution in [0.15, 0.2) is 12.1 Å². The molecule has 0 aromatic heterocycles. The first-order valence-corrected chi connectivity index (χ1v) is 4.76. The van der Waals surface area contributed by atoms with E-state index in [0.717, 1.165) is 6.07 Å². The fraction of sp³-hybridized carbons (Fsp3) is 0.250. The van der Waals surface area contributed by atoms with Gasteiger partial charge in [0, 0.05) is 11.1 Å². The van der Waals surface area contributed by atoms with Crippen LogP contribution >= 0.6 is 11.6 Å². The molecule has 92 valence electrons. The molecule has 0 spiro atoms. The van der Waals surface area contributed by atoms with Gasteiger partial charge in [0.1, 0.15) is 5.69 Å². The van der Waals surface area contributed by atoms with Crippen LogP contribution in [0, 0.1) is 10.1 Å². The molecule has 1 atom stereocenters. The van der Waals surface area contributed by atoms with Gasteiger partial charge in [-0.05, 0) is 6.07 Å². The standard InChI is InChI=1S/C8H6ClF2N3O3/c9-3-1-4-6(5(2-3)14(16)17)13-8(15,12-4)7(10)11/h1-2,7,12-13,15H. The second-order valence-corrected chi connectivity index (χ2v) is 3.86. The number of aliphatic hydroxyl groups is 1. The van der Waals surface area contributed by atoms with E-state index in [1.54, 1.807) is 0 Å². The summed E-state index contributed by atoms with van der Waals surface area (Å²) in [7, 11) is 0. The number of halogens is 3. The number of benzene rings is 1. The molecule has 1 aromatic carbocycles. The molecule has 0 fully saturated rings. The third kappa shape index (κ3) is 1.85. The van der Waals surface area contributed by atoms with E-state index in [9.17, 15) is 24.0 Å². The third-order valence-electron chi connectivity index (χ3n) is 2.24. The average molecular weight is 266 g/mol. The first kappa shape index (κ1) is 11.8. The van der Waals surface area contributed by atoms with E-state index < -0.39 is 22.9 Å². The Morgan fingerprint density at radius 2 is 2.12 bits per heavy atom. The lowest BCUT2D eigenvalue weighted by molar-refractivity contribution is -0.383. The zero-order valence-corrected chi connectivity index (χ0v) is 8.83. The smallest absolute Gasteiger partial charge is 0.305 e. The molecule has 1 unspecified atom stereocenters. The second kappa shape index (κ2) is 3.67. The molecule has 0 amide bonds. The van der Waals surface area contributed by atoms with Crippen molar-refractivity contribution in [1.82, 2.24) is 0 Å². The maximum Gasteiger partial charge on any atom is 0.305 e. The van der Waals surface area contributed by atoms with Gasteiger partial charge in [-0.2, -0.15) is 0 Å². The maximum atomic E-state index is 12.5. The maximum absolute atomic E-state index is 12.5. The molecule has 0 radical (unpaired) electrons. The van der Waals surface area contributed by atoms with Crippen LogP contribution in [0.2, 0.25) is 5.02 Å². The van der Waals surface area contributed by atoms with Gasteiger partial charge in [0.25, 0.3) is 11.5 Å². The van der Waals surface area contributed by atoms with Gasteiger partial charge in [-0.25, -0.2) is 8.78 Å². The highest BCUT2D eigenvalue weighted by molar-refractivity contribution is 6.31. The molecule has 9 heteroatoms. The number of rotatable bonds is 2. The Morgan fingerprint density at radius 1 is 1.47 bits per heavy atom. The highest BCUT2D eigenvalue weighted by Gasteiger charge is 2.45. The number of nitrogens with one attached hydrogen (secondary N) is 2. The zero-order chi connectivity index (χ0) is 12.8. The number of anilines is 2.